The van der Waals surface area contributed by atoms with Crippen molar-refractivity contribution in [3.63, 3.8) is 0 Å². The van der Waals surface area contributed by atoms with Crippen molar-refractivity contribution in [1.82, 2.24) is 5.32 Å². The first-order chi connectivity index (χ1) is 33.0. The molecule has 0 bridgehead atoms. The van der Waals surface area contributed by atoms with E-state index in [1.54, 1.807) is 0 Å². The summed E-state index contributed by atoms with van der Waals surface area (Å²) in [4.78, 5) is 24.5. The number of esters is 1. The molecule has 0 rings (SSSR count). The lowest BCUT2D eigenvalue weighted by Gasteiger charge is -2.22. The van der Waals surface area contributed by atoms with E-state index in [2.05, 4.69) is 19.2 Å². The number of rotatable bonds is 58. The van der Waals surface area contributed by atoms with Crippen LogP contribution in [-0.2, 0) is 14.3 Å². The molecule has 3 N–H and O–H groups in total. The van der Waals surface area contributed by atoms with Crippen LogP contribution in [0.4, 0.5) is 0 Å². The Morgan fingerprint density at radius 2 is 0.612 bits per heavy atom. The zero-order valence-electron chi connectivity index (χ0n) is 45.7. The van der Waals surface area contributed by atoms with Gasteiger partial charge in [0.15, 0.2) is 0 Å². The van der Waals surface area contributed by atoms with Crippen LogP contribution < -0.4 is 5.32 Å². The molecule has 400 valence electrons. The number of ether oxygens (including phenoxy) is 1. The Labute approximate surface area is 419 Å². The third kappa shape index (κ3) is 54.0. The summed E-state index contributed by atoms with van der Waals surface area (Å²) in [6.45, 7) is 4.97. The fraction of sp³-hybridized carbons (Fsp3) is 0.967. The number of amides is 1. The fourth-order valence-electron chi connectivity index (χ4n) is 9.94. The summed E-state index contributed by atoms with van der Waals surface area (Å²) in [6, 6.07) is -0.536. The Morgan fingerprint density at radius 3 is 0.910 bits per heavy atom. The van der Waals surface area contributed by atoms with Crippen molar-refractivity contribution >= 4 is 11.9 Å². The van der Waals surface area contributed by atoms with Gasteiger partial charge in [-0.15, -0.1) is 0 Å². The van der Waals surface area contributed by atoms with E-state index in [9.17, 15) is 19.8 Å². The van der Waals surface area contributed by atoms with E-state index in [4.69, 9.17) is 4.74 Å². The van der Waals surface area contributed by atoms with E-state index in [0.717, 1.165) is 38.5 Å². The smallest absolute Gasteiger partial charge is 0.305 e. The van der Waals surface area contributed by atoms with Gasteiger partial charge in [-0.05, 0) is 25.7 Å². The van der Waals surface area contributed by atoms with E-state index in [1.807, 2.05) is 0 Å². The van der Waals surface area contributed by atoms with E-state index in [-0.39, 0.29) is 18.5 Å². The molecule has 1 amide bonds. The predicted molar refractivity (Wildman–Crippen MR) is 292 cm³/mol. The number of hydrogen-bond donors (Lipinski definition) is 3. The van der Waals surface area contributed by atoms with Crippen LogP contribution in [0.2, 0.25) is 0 Å². The van der Waals surface area contributed by atoms with Gasteiger partial charge in [-0.2, -0.15) is 0 Å². The lowest BCUT2D eigenvalue weighted by atomic mass is 10.0. The Bertz CT molecular complexity index is 959. The molecular weight excluding hydrogens is 827 g/mol. The maximum atomic E-state index is 12.4. The van der Waals surface area contributed by atoms with Crippen LogP contribution in [0.25, 0.3) is 0 Å². The number of carbonyl (C=O) groups excluding carboxylic acids is 2. The summed E-state index contributed by atoms with van der Waals surface area (Å²) < 4.78 is 5.48. The van der Waals surface area contributed by atoms with E-state index in [1.165, 1.54) is 283 Å². The number of nitrogens with one attached hydrogen (secondary N) is 1. The van der Waals surface area contributed by atoms with Gasteiger partial charge in [0.2, 0.25) is 5.91 Å². The molecule has 0 heterocycles. The second-order valence-electron chi connectivity index (χ2n) is 21.4. The van der Waals surface area contributed by atoms with Crippen LogP contribution >= 0.6 is 0 Å². The van der Waals surface area contributed by atoms with Gasteiger partial charge in [0, 0.05) is 12.8 Å². The van der Waals surface area contributed by atoms with Crippen LogP contribution in [0.5, 0.6) is 0 Å². The first kappa shape index (κ1) is 65.9. The molecule has 0 saturated carbocycles. The van der Waals surface area contributed by atoms with Crippen molar-refractivity contribution in [3.05, 3.63) is 0 Å². The van der Waals surface area contributed by atoms with Gasteiger partial charge in [0.05, 0.1) is 25.4 Å². The van der Waals surface area contributed by atoms with Crippen LogP contribution in [0, 0.1) is 0 Å². The summed E-state index contributed by atoms with van der Waals surface area (Å²) >= 11 is 0. The van der Waals surface area contributed by atoms with Crippen LogP contribution in [0.1, 0.15) is 354 Å². The molecule has 6 nitrogen and oxygen atoms in total. The van der Waals surface area contributed by atoms with Crippen molar-refractivity contribution in [1.29, 1.82) is 0 Å². The molecule has 0 fully saturated rings. The summed E-state index contributed by atoms with van der Waals surface area (Å²) in [5, 5.41) is 23.2. The lowest BCUT2D eigenvalue weighted by molar-refractivity contribution is -0.143. The Balaban J connectivity index is 3.31. The fourth-order valence-corrected chi connectivity index (χ4v) is 9.94. The molecule has 0 aromatic carbocycles. The predicted octanol–water partition coefficient (Wildman–Crippen LogP) is 19.1. The highest BCUT2D eigenvalue weighted by Crippen LogP contribution is 2.18. The van der Waals surface area contributed by atoms with Crippen LogP contribution in [0.15, 0.2) is 0 Å². The van der Waals surface area contributed by atoms with Gasteiger partial charge in [-0.1, -0.05) is 316 Å². The first-order valence-electron chi connectivity index (χ1n) is 30.8. The minimum atomic E-state index is -0.659. The highest BCUT2D eigenvalue weighted by molar-refractivity contribution is 5.76. The van der Waals surface area contributed by atoms with Gasteiger partial charge >= 0.3 is 5.97 Å². The standard InChI is InChI=1S/C61H121NO5/c1-3-5-7-9-11-13-15-35-39-43-47-51-55-61(66)67-56-52-48-44-40-36-32-30-28-26-24-22-20-18-16-17-19-21-23-25-27-29-31-34-38-42-46-50-54-60(65)62-58(57-63)59(64)53-49-45-41-37-33-14-12-10-8-6-4-2/h58-59,63-64H,3-57H2,1-2H3,(H,62,65). The largest absolute Gasteiger partial charge is 0.466 e. The summed E-state index contributed by atoms with van der Waals surface area (Å²) in [5.41, 5.74) is 0. The van der Waals surface area contributed by atoms with E-state index in [0.29, 0.717) is 25.9 Å². The molecule has 67 heavy (non-hydrogen) atoms. The SMILES string of the molecule is CCCCCCCCCCCCCCC(=O)OCCCCCCCCCCCCCCCCCCCCCCCCCCCCCC(=O)NC(CO)C(O)CCCCCCCCCCCCC. The number of aliphatic hydroxyl groups excluding tert-OH is 2. The first-order valence-corrected chi connectivity index (χ1v) is 30.8. The summed E-state index contributed by atoms with van der Waals surface area (Å²) in [7, 11) is 0. The molecule has 0 aromatic rings. The normalized spacial score (nSPS) is 12.5. The lowest BCUT2D eigenvalue weighted by Crippen LogP contribution is -2.45. The van der Waals surface area contributed by atoms with Gasteiger partial charge in [-0.25, -0.2) is 0 Å². The molecule has 0 aliphatic heterocycles. The van der Waals surface area contributed by atoms with E-state index >= 15 is 0 Å². The van der Waals surface area contributed by atoms with Crippen LogP contribution in [0.3, 0.4) is 0 Å². The van der Waals surface area contributed by atoms with Crippen molar-refractivity contribution in [2.45, 2.75) is 366 Å². The number of hydrogen-bond acceptors (Lipinski definition) is 5. The average Bonchev–Trinajstić information content (AvgIpc) is 3.33. The molecule has 2 atom stereocenters. The molecule has 6 heteroatoms. The zero-order valence-corrected chi connectivity index (χ0v) is 45.7. The monoisotopic (exact) mass is 948 g/mol. The maximum Gasteiger partial charge on any atom is 0.305 e. The minimum Gasteiger partial charge on any atom is -0.466 e. The van der Waals surface area contributed by atoms with Crippen molar-refractivity contribution < 1.29 is 24.5 Å². The van der Waals surface area contributed by atoms with Crippen molar-refractivity contribution in [2.24, 2.45) is 0 Å². The third-order valence-electron chi connectivity index (χ3n) is 14.7. The second kappa shape index (κ2) is 57.4. The molecule has 0 aromatic heterocycles. The van der Waals surface area contributed by atoms with Crippen LogP contribution in [-0.4, -0.2) is 47.4 Å². The minimum absolute atomic E-state index is 0.0194. The summed E-state index contributed by atoms with van der Waals surface area (Å²) in [5.74, 6) is -0.0118. The number of unbranched alkanes of at least 4 members (excludes halogenated alkanes) is 47. The molecule has 0 aliphatic rings. The zero-order chi connectivity index (χ0) is 48.6. The quantitative estimate of drug-likeness (QED) is 0.0417. The molecule has 0 aliphatic carbocycles. The highest BCUT2D eigenvalue weighted by Gasteiger charge is 2.20. The molecule has 0 saturated heterocycles. The molecule has 0 radical (unpaired) electrons. The second-order valence-corrected chi connectivity index (χ2v) is 21.4. The third-order valence-corrected chi connectivity index (χ3v) is 14.7. The molecule has 0 spiro atoms. The van der Waals surface area contributed by atoms with Gasteiger partial charge in [0.25, 0.3) is 0 Å². The van der Waals surface area contributed by atoms with Crippen molar-refractivity contribution in [2.75, 3.05) is 13.2 Å². The van der Waals surface area contributed by atoms with E-state index < -0.39 is 12.1 Å². The Hall–Kier alpha value is -1.14. The highest BCUT2D eigenvalue weighted by atomic mass is 16.5. The van der Waals surface area contributed by atoms with Crippen molar-refractivity contribution in [3.8, 4) is 0 Å². The average molecular weight is 949 g/mol. The van der Waals surface area contributed by atoms with Gasteiger partial charge in [0.1, 0.15) is 0 Å². The molecular formula is C61H121NO5. The maximum absolute atomic E-state index is 12.4. The molecule has 2 unspecified atom stereocenters. The topological polar surface area (TPSA) is 95.9 Å². The van der Waals surface area contributed by atoms with Gasteiger partial charge in [-0.3, -0.25) is 9.59 Å². The Kier molecular flexibility index (Phi) is 56.5. The Morgan fingerprint density at radius 1 is 0.358 bits per heavy atom. The number of aliphatic hydroxyl groups is 2. The number of carbonyl (C=O) groups is 2. The summed E-state index contributed by atoms with van der Waals surface area (Å²) in [6.07, 6.45) is 67.0. The van der Waals surface area contributed by atoms with Gasteiger partial charge < -0.3 is 20.3 Å².